The lowest BCUT2D eigenvalue weighted by atomic mass is 10.0. The number of anilines is 2. The quantitative estimate of drug-likeness (QED) is 0.816. The van der Waals surface area contributed by atoms with Crippen LogP contribution in [-0.4, -0.2) is 37.0 Å². The molecule has 1 atom stereocenters. The van der Waals surface area contributed by atoms with Gasteiger partial charge in [0, 0.05) is 16.7 Å². The molecule has 4 rings (SSSR count). The molecule has 3 N–H and O–H groups in total. The van der Waals surface area contributed by atoms with Gasteiger partial charge in [0.1, 0.15) is 18.1 Å². The topological polar surface area (TPSA) is 111 Å². The fourth-order valence-corrected chi connectivity index (χ4v) is 3.43. The van der Waals surface area contributed by atoms with Crippen molar-refractivity contribution in [3.63, 3.8) is 0 Å². The molecule has 9 heteroatoms. The number of nitrogens with two attached hydrogens (primary N) is 1. The van der Waals surface area contributed by atoms with Gasteiger partial charge in [0.2, 0.25) is 5.91 Å². The number of nitrogens with zero attached hydrogens (tertiary/aromatic N) is 1. The molecule has 0 fully saturated rings. The van der Waals surface area contributed by atoms with E-state index in [1.165, 1.54) is 4.90 Å². The van der Waals surface area contributed by atoms with Gasteiger partial charge in [0.15, 0.2) is 6.61 Å². The Bertz CT molecular complexity index is 994. The summed E-state index contributed by atoms with van der Waals surface area (Å²) < 4.78 is 11.0. The van der Waals surface area contributed by atoms with Crippen LogP contribution in [0.15, 0.2) is 36.4 Å². The van der Waals surface area contributed by atoms with E-state index in [4.69, 9.17) is 26.8 Å². The minimum absolute atomic E-state index is 0.0570. The normalized spacial score (nSPS) is 17.5. The number of hydrogen-bond donors (Lipinski definition) is 2. The molecule has 144 valence electrons. The van der Waals surface area contributed by atoms with Crippen molar-refractivity contribution in [2.24, 2.45) is 5.73 Å². The zero-order valence-corrected chi connectivity index (χ0v) is 15.4. The van der Waals surface area contributed by atoms with E-state index >= 15 is 0 Å². The van der Waals surface area contributed by atoms with Crippen molar-refractivity contribution in [1.29, 1.82) is 0 Å². The Labute approximate surface area is 165 Å². The van der Waals surface area contributed by atoms with Crippen LogP contribution in [0.5, 0.6) is 11.5 Å². The van der Waals surface area contributed by atoms with Crippen LogP contribution in [0.4, 0.5) is 11.4 Å². The largest absolute Gasteiger partial charge is 0.489 e. The highest BCUT2D eigenvalue weighted by molar-refractivity contribution is 6.31. The van der Waals surface area contributed by atoms with Crippen LogP contribution < -0.4 is 25.4 Å². The number of carbonyl (C=O) groups is 3. The summed E-state index contributed by atoms with van der Waals surface area (Å²) in [6.07, 6.45) is -0.0570. The maximum Gasteiger partial charge on any atom is 0.262 e. The van der Waals surface area contributed by atoms with Crippen molar-refractivity contribution >= 4 is 40.7 Å². The number of benzene rings is 2. The number of carbonyl (C=O) groups excluding carboxylic acids is 3. The van der Waals surface area contributed by atoms with Gasteiger partial charge < -0.3 is 20.5 Å². The van der Waals surface area contributed by atoms with Crippen molar-refractivity contribution in [2.45, 2.75) is 12.5 Å². The van der Waals surface area contributed by atoms with Crippen LogP contribution in [0.2, 0.25) is 5.02 Å². The van der Waals surface area contributed by atoms with Crippen molar-refractivity contribution < 1.29 is 23.9 Å². The lowest BCUT2D eigenvalue weighted by molar-refractivity contribution is -0.119. The minimum atomic E-state index is -0.569. The van der Waals surface area contributed by atoms with E-state index in [1.54, 1.807) is 36.4 Å². The van der Waals surface area contributed by atoms with E-state index in [0.717, 1.165) is 0 Å². The highest BCUT2D eigenvalue weighted by Crippen LogP contribution is 2.38. The number of ether oxygens (including phenoxy) is 2. The second kappa shape index (κ2) is 7.05. The van der Waals surface area contributed by atoms with E-state index in [9.17, 15) is 14.4 Å². The zero-order chi connectivity index (χ0) is 19.8. The third kappa shape index (κ3) is 3.34. The monoisotopic (exact) mass is 401 g/mol. The first kappa shape index (κ1) is 18.1. The van der Waals surface area contributed by atoms with E-state index in [0.29, 0.717) is 33.5 Å². The standard InChI is InChI=1S/C19H16ClN3O5/c20-11-2-3-14-16(6-11)27-8-12(7-17(21)24)23(14)19(26)10-1-4-15-13(5-10)22-18(25)9-28-15/h1-6,12H,7-9H2,(H2,21,24)(H,22,25). The Morgan fingerprint density at radius 3 is 2.79 bits per heavy atom. The van der Waals surface area contributed by atoms with Crippen molar-refractivity contribution in [1.82, 2.24) is 0 Å². The first-order valence-corrected chi connectivity index (χ1v) is 8.91. The molecule has 0 aliphatic carbocycles. The summed E-state index contributed by atoms with van der Waals surface area (Å²) in [5.41, 5.74) is 6.58. The van der Waals surface area contributed by atoms with Gasteiger partial charge in [-0.3, -0.25) is 19.3 Å². The Morgan fingerprint density at radius 2 is 2.00 bits per heavy atom. The molecule has 0 saturated carbocycles. The number of halogens is 1. The molecule has 2 aliphatic rings. The molecule has 3 amide bonds. The van der Waals surface area contributed by atoms with Gasteiger partial charge in [0.05, 0.1) is 23.8 Å². The van der Waals surface area contributed by atoms with Crippen molar-refractivity contribution in [3.05, 3.63) is 47.0 Å². The predicted octanol–water partition coefficient (Wildman–Crippen LogP) is 1.95. The molecule has 2 aliphatic heterocycles. The molecule has 2 aromatic carbocycles. The van der Waals surface area contributed by atoms with Crippen LogP contribution in [0.25, 0.3) is 0 Å². The summed E-state index contributed by atoms with van der Waals surface area (Å²) >= 11 is 6.02. The van der Waals surface area contributed by atoms with E-state index in [1.807, 2.05) is 0 Å². The highest BCUT2D eigenvalue weighted by Gasteiger charge is 2.34. The van der Waals surface area contributed by atoms with Crippen LogP contribution in [0.3, 0.4) is 0 Å². The smallest absolute Gasteiger partial charge is 0.262 e. The van der Waals surface area contributed by atoms with Crippen molar-refractivity contribution in [2.75, 3.05) is 23.4 Å². The molecule has 0 aromatic heterocycles. The van der Waals surface area contributed by atoms with Gasteiger partial charge in [-0.15, -0.1) is 0 Å². The molecule has 0 saturated heterocycles. The molecular formula is C19H16ClN3O5. The molecule has 0 bridgehead atoms. The maximum absolute atomic E-state index is 13.3. The first-order chi connectivity index (χ1) is 13.4. The van der Waals surface area contributed by atoms with E-state index < -0.39 is 11.9 Å². The second-order valence-corrected chi connectivity index (χ2v) is 6.91. The summed E-state index contributed by atoms with van der Waals surface area (Å²) in [5.74, 6) is -0.277. The number of hydrogen-bond acceptors (Lipinski definition) is 5. The van der Waals surface area contributed by atoms with E-state index in [2.05, 4.69) is 5.32 Å². The van der Waals surface area contributed by atoms with Gasteiger partial charge in [-0.05, 0) is 30.3 Å². The number of amides is 3. The molecule has 2 heterocycles. The van der Waals surface area contributed by atoms with Gasteiger partial charge in [-0.25, -0.2) is 0 Å². The fraction of sp³-hybridized carbons (Fsp3) is 0.211. The zero-order valence-electron chi connectivity index (χ0n) is 14.6. The van der Waals surface area contributed by atoms with Crippen LogP contribution in [0.1, 0.15) is 16.8 Å². The summed E-state index contributed by atoms with van der Waals surface area (Å²) in [6.45, 7) is 0.0331. The summed E-state index contributed by atoms with van der Waals surface area (Å²) in [6, 6.07) is 9.10. The molecule has 1 unspecified atom stereocenters. The van der Waals surface area contributed by atoms with Gasteiger partial charge >= 0.3 is 0 Å². The number of nitrogens with one attached hydrogen (secondary N) is 1. The summed E-state index contributed by atoms with van der Waals surface area (Å²) in [4.78, 5) is 37.9. The van der Waals surface area contributed by atoms with Gasteiger partial charge in [-0.2, -0.15) is 0 Å². The van der Waals surface area contributed by atoms with Gasteiger partial charge in [-0.1, -0.05) is 11.6 Å². The van der Waals surface area contributed by atoms with Gasteiger partial charge in [0.25, 0.3) is 11.8 Å². The highest BCUT2D eigenvalue weighted by atomic mass is 35.5. The Kier molecular flexibility index (Phi) is 4.56. The number of primary amides is 1. The Hall–Kier alpha value is -3.26. The Morgan fingerprint density at radius 1 is 1.18 bits per heavy atom. The molecule has 8 nitrogen and oxygen atoms in total. The first-order valence-electron chi connectivity index (χ1n) is 8.53. The van der Waals surface area contributed by atoms with Crippen molar-refractivity contribution in [3.8, 4) is 11.5 Å². The average molecular weight is 402 g/mol. The summed E-state index contributed by atoms with van der Waals surface area (Å²) in [7, 11) is 0. The second-order valence-electron chi connectivity index (χ2n) is 6.47. The lowest BCUT2D eigenvalue weighted by Crippen LogP contribution is -2.48. The average Bonchev–Trinajstić information content (AvgIpc) is 2.66. The maximum atomic E-state index is 13.3. The number of fused-ring (bicyclic) bond motifs is 2. The Balaban J connectivity index is 1.74. The summed E-state index contributed by atoms with van der Waals surface area (Å²) in [5, 5.41) is 3.14. The predicted molar refractivity (Wildman–Crippen MR) is 102 cm³/mol. The molecular weight excluding hydrogens is 386 g/mol. The molecule has 0 spiro atoms. The third-order valence-corrected chi connectivity index (χ3v) is 4.73. The van der Waals surface area contributed by atoms with Crippen LogP contribution >= 0.6 is 11.6 Å². The van der Waals surface area contributed by atoms with E-state index in [-0.39, 0.29) is 31.4 Å². The third-order valence-electron chi connectivity index (χ3n) is 4.49. The number of rotatable bonds is 3. The van der Waals surface area contributed by atoms with Crippen LogP contribution in [-0.2, 0) is 9.59 Å². The minimum Gasteiger partial charge on any atom is -0.489 e. The SMILES string of the molecule is NC(=O)CC1COc2cc(Cl)ccc2N1C(=O)c1ccc2c(c1)NC(=O)CO2. The lowest BCUT2D eigenvalue weighted by Gasteiger charge is -2.36. The molecule has 2 aromatic rings. The molecule has 0 radical (unpaired) electrons. The fourth-order valence-electron chi connectivity index (χ4n) is 3.27. The molecule has 28 heavy (non-hydrogen) atoms. The van der Waals surface area contributed by atoms with Crippen LogP contribution in [0, 0.1) is 0 Å².